The molecule has 2 rings (SSSR count). The molecule has 6 N–H and O–H groups in total. The summed E-state index contributed by atoms with van der Waals surface area (Å²) in [5.74, 6) is 0.339. The topological polar surface area (TPSA) is 92.5 Å². The third kappa shape index (κ3) is 2.57. The van der Waals surface area contributed by atoms with Gasteiger partial charge in [-0.05, 0) is 29.7 Å². The van der Waals surface area contributed by atoms with Crippen LogP contribution in [0.3, 0.4) is 0 Å². The first-order valence-corrected chi connectivity index (χ1v) is 6.19. The van der Waals surface area contributed by atoms with E-state index < -0.39 is 0 Å². The Kier molecular flexibility index (Phi) is 3.51. The van der Waals surface area contributed by atoms with E-state index in [-0.39, 0.29) is 17.4 Å². The van der Waals surface area contributed by atoms with Gasteiger partial charge in [0, 0.05) is 29.4 Å². The van der Waals surface area contributed by atoms with Crippen molar-refractivity contribution >= 4 is 11.4 Å². The Labute approximate surface area is 112 Å². The smallest absolute Gasteiger partial charge is 0.117 e. The normalized spacial score (nSPS) is 10.8. The van der Waals surface area contributed by atoms with Crippen molar-refractivity contribution in [3.05, 3.63) is 47.5 Å². The van der Waals surface area contributed by atoms with Crippen LogP contribution in [0.2, 0.25) is 0 Å². The maximum absolute atomic E-state index is 9.42. The monoisotopic (exact) mass is 258 g/mol. The molecule has 0 fully saturated rings. The number of nitrogen functional groups attached to an aromatic ring is 2. The molecule has 0 saturated carbocycles. The highest BCUT2D eigenvalue weighted by Gasteiger charge is 2.17. The largest absolute Gasteiger partial charge is 0.508 e. The molecule has 0 spiro atoms. The fourth-order valence-electron chi connectivity index (χ4n) is 2.37. The van der Waals surface area contributed by atoms with E-state index in [4.69, 9.17) is 11.5 Å². The summed E-state index contributed by atoms with van der Waals surface area (Å²) >= 11 is 0. The molecule has 0 aliphatic rings. The SMILES string of the molecule is CCC(c1ccc(O)cc1N)c1ccc(O)cc1N. The van der Waals surface area contributed by atoms with Crippen molar-refractivity contribution in [2.24, 2.45) is 0 Å². The Morgan fingerprint density at radius 3 is 1.63 bits per heavy atom. The summed E-state index contributed by atoms with van der Waals surface area (Å²) in [4.78, 5) is 0. The van der Waals surface area contributed by atoms with Crippen molar-refractivity contribution in [2.45, 2.75) is 19.3 Å². The molecule has 0 amide bonds. The first-order valence-electron chi connectivity index (χ1n) is 6.19. The van der Waals surface area contributed by atoms with Gasteiger partial charge in [0.1, 0.15) is 11.5 Å². The van der Waals surface area contributed by atoms with Gasteiger partial charge >= 0.3 is 0 Å². The minimum Gasteiger partial charge on any atom is -0.508 e. The Hall–Kier alpha value is -2.36. The van der Waals surface area contributed by atoms with Gasteiger partial charge in [-0.25, -0.2) is 0 Å². The Bertz CT molecular complexity index is 545. The number of hydrogen-bond acceptors (Lipinski definition) is 4. The minimum absolute atomic E-state index is 0.0428. The van der Waals surface area contributed by atoms with Gasteiger partial charge in [-0.15, -0.1) is 0 Å². The van der Waals surface area contributed by atoms with E-state index in [0.717, 1.165) is 17.5 Å². The van der Waals surface area contributed by atoms with Gasteiger partial charge in [0.25, 0.3) is 0 Å². The molecule has 0 aliphatic heterocycles. The minimum atomic E-state index is 0.0428. The van der Waals surface area contributed by atoms with Crippen molar-refractivity contribution in [1.82, 2.24) is 0 Å². The Morgan fingerprint density at radius 2 is 1.32 bits per heavy atom. The molecule has 4 heteroatoms. The predicted octanol–water partition coefficient (Wildman–Crippen LogP) is 2.80. The lowest BCUT2D eigenvalue weighted by Crippen LogP contribution is -2.06. The molecular formula is C15H18N2O2. The van der Waals surface area contributed by atoms with Crippen LogP contribution in [0.5, 0.6) is 11.5 Å². The van der Waals surface area contributed by atoms with Gasteiger partial charge in [-0.2, -0.15) is 0 Å². The number of hydrogen-bond donors (Lipinski definition) is 4. The van der Waals surface area contributed by atoms with Gasteiger partial charge in [-0.3, -0.25) is 0 Å². The second-order valence-electron chi connectivity index (χ2n) is 4.59. The zero-order chi connectivity index (χ0) is 14.0. The lowest BCUT2D eigenvalue weighted by atomic mass is 9.87. The summed E-state index contributed by atoms with van der Waals surface area (Å²) < 4.78 is 0. The van der Waals surface area contributed by atoms with E-state index >= 15 is 0 Å². The third-order valence-electron chi connectivity index (χ3n) is 3.30. The zero-order valence-electron chi connectivity index (χ0n) is 10.8. The lowest BCUT2D eigenvalue weighted by Gasteiger charge is -2.20. The number of rotatable bonds is 3. The second-order valence-corrected chi connectivity index (χ2v) is 4.59. The van der Waals surface area contributed by atoms with Gasteiger partial charge in [0.15, 0.2) is 0 Å². The molecule has 2 aromatic carbocycles. The summed E-state index contributed by atoms with van der Waals surface area (Å²) in [5, 5.41) is 18.8. The van der Waals surface area contributed by atoms with Crippen LogP contribution in [0.25, 0.3) is 0 Å². The molecule has 0 heterocycles. The summed E-state index contributed by atoms with van der Waals surface area (Å²) in [7, 11) is 0. The quantitative estimate of drug-likeness (QED) is 0.637. The highest BCUT2D eigenvalue weighted by atomic mass is 16.3. The average molecular weight is 258 g/mol. The molecule has 2 aromatic rings. The molecule has 4 nitrogen and oxygen atoms in total. The Balaban J connectivity index is 2.50. The maximum atomic E-state index is 9.42. The maximum Gasteiger partial charge on any atom is 0.117 e. The van der Waals surface area contributed by atoms with E-state index in [9.17, 15) is 10.2 Å². The summed E-state index contributed by atoms with van der Waals surface area (Å²) in [6.07, 6.45) is 0.823. The molecule has 0 atom stereocenters. The number of phenolic OH excluding ortho intramolecular Hbond substituents is 2. The number of aromatic hydroxyl groups is 2. The standard InChI is InChI=1S/C15H18N2O2/c1-2-11(12-5-3-9(18)7-14(12)16)13-6-4-10(19)8-15(13)17/h3-8,11,18-19H,2,16-17H2,1H3. The molecular weight excluding hydrogens is 240 g/mol. The van der Waals surface area contributed by atoms with E-state index in [1.54, 1.807) is 12.1 Å². The van der Waals surface area contributed by atoms with Gasteiger partial charge in [0.05, 0.1) is 0 Å². The van der Waals surface area contributed by atoms with Gasteiger partial charge in [-0.1, -0.05) is 19.1 Å². The first-order chi connectivity index (χ1) is 9.02. The molecule has 0 radical (unpaired) electrons. The highest BCUT2D eigenvalue weighted by molar-refractivity contribution is 5.60. The van der Waals surface area contributed by atoms with Crippen molar-refractivity contribution in [1.29, 1.82) is 0 Å². The van der Waals surface area contributed by atoms with Gasteiger partial charge in [0.2, 0.25) is 0 Å². The highest BCUT2D eigenvalue weighted by Crippen LogP contribution is 2.36. The van der Waals surface area contributed by atoms with Crippen molar-refractivity contribution in [3.8, 4) is 11.5 Å². The molecule has 0 aliphatic carbocycles. The number of anilines is 2. The third-order valence-corrected chi connectivity index (χ3v) is 3.30. The summed E-state index contributed by atoms with van der Waals surface area (Å²) in [6, 6.07) is 9.93. The van der Waals surface area contributed by atoms with Crippen molar-refractivity contribution in [3.63, 3.8) is 0 Å². The van der Waals surface area contributed by atoms with Crippen LogP contribution in [0, 0.1) is 0 Å². The number of phenols is 2. The molecule has 19 heavy (non-hydrogen) atoms. The van der Waals surface area contributed by atoms with Crippen LogP contribution in [0.15, 0.2) is 36.4 Å². The Morgan fingerprint density at radius 1 is 0.895 bits per heavy atom. The van der Waals surface area contributed by atoms with Crippen molar-refractivity contribution in [2.75, 3.05) is 11.5 Å². The summed E-state index contributed by atoms with van der Waals surface area (Å²) in [6.45, 7) is 2.04. The van der Waals surface area contributed by atoms with E-state index in [1.807, 2.05) is 19.1 Å². The molecule has 100 valence electrons. The second kappa shape index (κ2) is 5.10. The van der Waals surface area contributed by atoms with Crippen LogP contribution in [0.4, 0.5) is 11.4 Å². The van der Waals surface area contributed by atoms with E-state index in [0.29, 0.717) is 11.4 Å². The predicted molar refractivity (Wildman–Crippen MR) is 77.2 cm³/mol. The fraction of sp³-hybridized carbons (Fsp3) is 0.200. The van der Waals surface area contributed by atoms with E-state index in [2.05, 4.69) is 0 Å². The molecule has 0 aromatic heterocycles. The number of nitrogens with two attached hydrogens (primary N) is 2. The summed E-state index contributed by atoms with van der Waals surface area (Å²) in [5.41, 5.74) is 14.9. The van der Waals surface area contributed by atoms with Crippen LogP contribution >= 0.6 is 0 Å². The number of benzene rings is 2. The van der Waals surface area contributed by atoms with Crippen LogP contribution < -0.4 is 11.5 Å². The van der Waals surface area contributed by atoms with Gasteiger partial charge < -0.3 is 21.7 Å². The van der Waals surface area contributed by atoms with Crippen molar-refractivity contribution < 1.29 is 10.2 Å². The van der Waals surface area contributed by atoms with Crippen LogP contribution in [0.1, 0.15) is 30.4 Å². The van der Waals surface area contributed by atoms with Crippen LogP contribution in [-0.2, 0) is 0 Å². The zero-order valence-corrected chi connectivity index (χ0v) is 10.8. The molecule has 0 saturated heterocycles. The lowest BCUT2D eigenvalue weighted by molar-refractivity contribution is 0.475. The van der Waals surface area contributed by atoms with E-state index in [1.165, 1.54) is 12.1 Å². The van der Waals surface area contributed by atoms with Crippen LogP contribution in [-0.4, -0.2) is 10.2 Å². The first kappa shape index (κ1) is 13.1. The fourth-order valence-corrected chi connectivity index (χ4v) is 2.37. The molecule has 0 unspecified atom stereocenters. The molecule has 0 bridgehead atoms. The average Bonchev–Trinajstić information content (AvgIpc) is 2.34.